The number of hydrogen-bond donors (Lipinski definition) is 2. The first-order valence-electron chi connectivity index (χ1n) is 9.81. The molecule has 2 N–H and O–H groups in total. The molecule has 7 nitrogen and oxygen atoms in total. The molecule has 0 bridgehead atoms. The van der Waals surface area contributed by atoms with Crippen molar-refractivity contribution in [3.63, 3.8) is 0 Å². The maximum atomic E-state index is 13.5. The summed E-state index contributed by atoms with van der Waals surface area (Å²) in [4.78, 5) is 29.3. The predicted octanol–water partition coefficient (Wildman–Crippen LogP) is 5.19. The molecule has 0 aromatic heterocycles. The molecular weight excluding hydrogens is 463 g/mol. The highest BCUT2D eigenvalue weighted by atomic mass is 35.5. The van der Waals surface area contributed by atoms with Crippen LogP contribution in [0.15, 0.2) is 66.2 Å². The first-order chi connectivity index (χ1) is 15.9. The number of fused-ring (bicyclic) bond motifs is 2. The van der Waals surface area contributed by atoms with Crippen LogP contribution in [0.2, 0.25) is 10.0 Å². The summed E-state index contributed by atoms with van der Waals surface area (Å²) in [7, 11) is 0. The van der Waals surface area contributed by atoms with Crippen molar-refractivity contribution in [1.82, 2.24) is 5.32 Å². The van der Waals surface area contributed by atoms with E-state index in [1.165, 1.54) is 30.3 Å². The lowest BCUT2D eigenvalue weighted by Gasteiger charge is -2.43. The number of carbonyl (C=O) groups is 2. The first-order valence-corrected chi connectivity index (χ1v) is 10.6. The Hall–Kier alpha value is -3.99. The molecule has 0 saturated carbocycles. The van der Waals surface area contributed by atoms with E-state index in [4.69, 9.17) is 23.2 Å². The summed E-state index contributed by atoms with van der Waals surface area (Å²) < 4.78 is 0. The van der Waals surface area contributed by atoms with Crippen molar-refractivity contribution in [3.05, 3.63) is 87.4 Å². The van der Waals surface area contributed by atoms with Gasteiger partial charge in [-0.25, -0.2) is 9.69 Å². The fourth-order valence-corrected chi connectivity index (χ4v) is 4.27. The smallest absolute Gasteiger partial charge is 0.330 e. The van der Waals surface area contributed by atoms with Gasteiger partial charge in [0.25, 0.3) is 5.91 Å². The van der Waals surface area contributed by atoms with Crippen LogP contribution >= 0.6 is 23.2 Å². The highest BCUT2D eigenvalue weighted by molar-refractivity contribution is 6.42. The Bertz CT molecular complexity index is 1410. The molecule has 0 aliphatic carbocycles. The second kappa shape index (κ2) is 7.85. The van der Waals surface area contributed by atoms with E-state index in [1.54, 1.807) is 41.3 Å². The van der Waals surface area contributed by atoms with Crippen molar-refractivity contribution in [2.24, 2.45) is 0 Å². The number of nitriles is 1. The van der Waals surface area contributed by atoms with Crippen molar-refractivity contribution in [2.45, 2.75) is 6.17 Å². The summed E-state index contributed by atoms with van der Waals surface area (Å²) >= 11 is 12.1. The molecule has 0 radical (unpaired) electrons. The van der Waals surface area contributed by atoms with Crippen LogP contribution in [0.25, 0.3) is 6.08 Å². The van der Waals surface area contributed by atoms with E-state index in [1.807, 2.05) is 0 Å². The van der Waals surface area contributed by atoms with Gasteiger partial charge in [-0.2, -0.15) is 5.26 Å². The largest absolute Gasteiger partial charge is 0.508 e. The highest BCUT2D eigenvalue weighted by Crippen LogP contribution is 2.41. The number of phenolic OH excluding ortho intramolecular Hbond substituents is 1. The molecule has 3 aromatic carbocycles. The van der Waals surface area contributed by atoms with Crippen LogP contribution in [0.5, 0.6) is 5.75 Å². The van der Waals surface area contributed by atoms with Gasteiger partial charge in [-0.3, -0.25) is 4.79 Å². The molecule has 2 aliphatic heterocycles. The monoisotopic (exact) mass is 476 g/mol. The lowest BCUT2D eigenvalue weighted by atomic mass is 9.95. The van der Waals surface area contributed by atoms with Gasteiger partial charge in [0.2, 0.25) is 0 Å². The molecule has 1 unspecified atom stereocenters. The van der Waals surface area contributed by atoms with Gasteiger partial charge in [-0.05, 0) is 54.1 Å². The van der Waals surface area contributed by atoms with Gasteiger partial charge in [0.1, 0.15) is 11.9 Å². The third-order valence-electron chi connectivity index (χ3n) is 5.47. The highest BCUT2D eigenvalue weighted by Gasteiger charge is 2.43. The molecule has 1 atom stereocenters. The summed E-state index contributed by atoms with van der Waals surface area (Å²) in [6.07, 6.45) is 0.833. The number of hydrogen-bond acceptors (Lipinski definition) is 5. The number of imide groups is 1. The molecule has 1 saturated heterocycles. The molecule has 3 aromatic rings. The van der Waals surface area contributed by atoms with Crippen LogP contribution in [0.3, 0.4) is 0 Å². The van der Waals surface area contributed by atoms with Gasteiger partial charge in [-0.1, -0.05) is 35.3 Å². The lowest BCUT2D eigenvalue weighted by molar-refractivity contribution is -0.115. The van der Waals surface area contributed by atoms with Crippen LogP contribution in [-0.4, -0.2) is 23.2 Å². The summed E-state index contributed by atoms with van der Waals surface area (Å²) in [6, 6.07) is 17.5. The fourth-order valence-electron chi connectivity index (χ4n) is 3.98. The van der Waals surface area contributed by atoms with Gasteiger partial charge >= 0.3 is 6.03 Å². The van der Waals surface area contributed by atoms with Gasteiger partial charge < -0.3 is 15.3 Å². The Labute approximate surface area is 198 Å². The molecule has 33 heavy (non-hydrogen) atoms. The Kier molecular flexibility index (Phi) is 4.97. The van der Waals surface area contributed by atoms with Crippen molar-refractivity contribution < 1.29 is 14.7 Å². The number of urea groups is 1. The number of halogens is 2. The van der Waals surface area contributed by atoms with Gasteiger partial charge in [-0.15, -0.1) is 0 Å². The maximum absolute atomic E-state index is 13.5. The van der Waals surface area contributed by atoms with E-state index < -0.39 is 18.1 Å². The number of aromatic hydroxyl groups is 1. The van der Waals surface area contributed by atoms with Crippen LogP contribution < -0.4 is 15.1 Å². The Morgan fingerprint density at radius 1 is 0.970 bits per heavy atom. The van der Waals surface area contributed by atoms with E-state index in [9.17, 15) is 20.0 Å². The molecule has 5 rings (SSSR count). The van der Waals surface area contributed by atoms with Gasteiger partial charge in [0, 0.05) is 11.8 Å². The number of rotatable bonds is 2. The number of nitrogens with one attached hydrogen (secondary N) is 1. The van der Waals surface area contributed by atoms with E-state index in [-0.39, 0.29) is 16.5 Å². The minimum atomic E-state index is -0.854. The number of carbonyl (C=O) groups excluding carboxylic acids is 2. The minimum absolute atomic E-state index is 0.0208. The van der Waals surface area contributed by atoms with Crippen molar-refractivity contribution in [1.29, 1.82) is 5.26 Å². The summed E-state index contributed by atoms with van der Waals surface area (Å²) in [6.45, 7) is 0. The van der Waals surface area contributed by atoms with E-state index in [2.05, 4.69) is 11.4 Å². The van der Waals surface area contributed by atoms with Crippen LogP contribution in [0, 0.1) is 11.3 Å². The number of amides is 3. The van der Waals surface area contributed by atoms with E-state index in [0.29, 0.717) is 33.1 Å². The van der Waals surface area contributed by atoms with Gasteiger partial charge in [0.15, 0.2) is 0 Å². The normalized spacial score (nSPS) is 17.0. The van der Waals surface area contributed by atoms with Crippen molar-refractivity contribution in [2.75, 3.05) is 9.80 Å². The maximum Gasteiger partial charge on any atom is 0.330 e. The Balaban J connectivity index is 1.67. The third-order valence-corrected chi connectivity index (χ3v) is 6.20. The first kappa shape index (κ1) is 20.9. The van der Waals surface area contributed by atoms with Crippen LogP contribution in [0.1, 0.15) is 11.1 Å². The fraction of sp³-hybridized carbons (Fsp3) is 0.0417. The summed E-state index contributed by atoms with van der Waals surface area (Å²) in [5.74, 6) is -0.505. The molecule has 0 spiro atoms. The lowest BCUT2D eigenvalue weighted by Crippen LogP contribution is -2.62. The van der Waals surface area contributed by atoms with Crippen molar-refractivity contribution >= 4 is 58.3 Å². The SMILES string of the molecule is N#Cc1ccc2c(c1)N(c1cccc(O)c1)C1NC(=O)N(c3ccc(Cl)c(Cl)c3)C(=O)C1=C2. The number of phenols is 1. The zero-order chi connectivity index (χ0) is 23.3. The average molecular weight is 477 g/mol. The van der Waals surface area contributed by atoms with E-state index >= 15 is 0 Å². The summed E-state index contributed by atoms with van der Waals surface area (Å²) in [5.41, 5.74) is 2.84. The zero-order valence-electron chi connectivity index (χ0n) is 16.8. The number of anilines is 3. The predicted molar refractivity (Wildman–Crippen MR) is 126 cm³/mol. The Morgan fingerprint density at radius 3 is 2.52 bits per heavy atom. The third kappa shape index (κ3) is 3.46. The molecule has 2 heterocycles. The minimum Gasteiger partial charge on any atom is -0.508 e. The zero-order valence-corrected chi connectivity index (χ0v) is 18.3. The molecule has 1 fully saturated rings. The van der Waals surface area contributed by atoms with E-state index in [0.717, 1.165) is 4.90 Å². The van der Waals surface area contributed by atoms with Crippen molar-refractivity contribution in [3.8, 4) is 11.8 Å². The molecular formula is C24H14Cl2N4O3. The molecule has 9 heteroatoms. The molecule has 3 amide bonds. The number of nitrogens with zero attached hydrogens (tertiary/aromatic N) is 3. The molecule has 2 aliphatic rings. The quantitative estimate of drug-likeness (QED) is 0.530. The standard InChI is InChI=1S/C24H14Cl2N4O3/c25-19-7-6-16(11-20(19)26)30-23(32)18-9-14-5-4-13(12-27)8-21(14)29(22(18)28-24(30)33)15-2-1-3-17(31)10-15/h1-11,22,31H,(H,28,33). The van der Waals surface area contributed by atoms with Crippen LogP contribution in [0.4, 0.5) is 21.9 Å². The average Bonchev–Trinajstić information content (AvgIpc) is 2.80. The summed E-state index contributed by atoms with van der Waals surface area (Å²) in [5, 5.41) is 22.8. The topological polar surface area (TPSA) is 96.7 Å². The van der Waals surface area contributed by atoms with Gasteiger partial charge in [0.05, 0.1) is 38.6 Å². The number of benzene rings is 3. The second-order valence-electron chi connectivity index (χ2n) is 7.47. The Morgan fingerprint density at radius 2 is 1.79 bits per heavy atom. The second-order valence-corrected chi connectivity index (χ2v) is 8.28. The van der Waals surface area contributed by atoms with Crippen LogP contribution in [-0.2, 0) is 4.79 Å². The molecule has 162 valence electrons.